The van der Waals surface area contributed by atoms with Crippen LogP contribution in [0, 0.1) is 0 Å². The molecule has 0 bridgehead atoms. The molecule has 25 heavy (non-hydrogen) atoms. The quantitative estimate of drug-likeness (QED) is 0.704. The van der Waals surface area contributed by atoms with Gasteiger partial charge >= 0.3 is 0 Å². The van der Waals surface area contributed by atoms with Crippen LogP contribution in [0.3, 0.4) is 0 Å². The number of rotatable bonds is 3. The topological polar surface area (TPSA) is 65.7 Å². The highest BCUT2D eigenvalue weighted by Crippen LogP contribution is 2.33. The molecule has 0 spiro atoms. The molecular weight excluding hydrogens is 382 g/mol. The number of hydrogen-bond acceptors (Lipinski definition) is 5. The number of likely N-dealkylation sites (N-methyl/N-ethyl adjacent to an activating group) is 1. The van der Waals surface area contributed by atoms with Gasteiger partial charge in [0.15, 0.2) is 0 Å². The third-order valence-electron chi connectivity index (χ3n) is 4.64. The molecule has 1 fully saturated rings. The van der Waals surface area contributed by atoms with E-state index in [0.29, 0.717) is 17.3 Å². The highest BCUT2D eigenvalue weighted by molar-refractivity contribution is 9.10. The Balaban J connectivity index is 1.71. The lowest BCUT2D eigenvalue weighted by Gasteiger charge is -2.30. The molecule has 3 aromatic rings. The van der Waals surface area contributed by atoms with Crippen LogP contribution in [0.25, 0.3) is 16.8 Å². The van der Waals surface area contributed by atoms with Crippen LogP contribution in [-0.4, -0.2) is 50.8 Å². The Morgan fingerprint density at radius 2 is 2.16 bits per heavy atom. The van der Waals surface area contributed by atoms with Crippen LogP contribution in [0.5, 0.6) is 5.75 Å². The molecule has 2 aromatic heterocycles. The summed E-state index contributed by atoms with van der Waals surface area (Å²) >= 11 is 3.37. The zero-order valence-electron chi connectivity index (χ0n) is 14.0. The monoisotopic (exact) mass is 401 g/mol. The van der Waals surface area contributed by atoms with Crippen molar-refractivity contribution in [3.63, 3.8) is 0 Å². The van der Waals surface area contributed by atoms with Crippen LogP contribution in [0.1, 0.15) is 12.8 Å². The van der Waals surface area contributed by atoms with E-state index in [4.69, 9.17) is 0 Å². The summed E-state index contributed by atoms with van der Waals surface area (Å²) in [7, 11) is 2.14. The number of fused-ring (bicyclic) bond motifs is 1. The second-order valence-electron chi connectivity index (χ2n) is 6.54. The van der Waals surface area contributed by atoms with Crippen LogP contribution in [-0.2, 0) is 0 Å². The molecule has 0 aliphatic carbocycles. The van der Waals surface area contributed by atoms with Gasteiger partial charge in [-0.05, 0) is 56.8 Å². The second-order valence-corrected chi connectivity index (χ2v) is 7.46. The van der Waals surface area contributed by atoms with Gasteiger partial charge in [-0.1, -0.05) is 15.9 Å². The predicted octanol–water partition coefficient (Wildman–Crippen LogP) is 3.37. The first-order chi connectivity index (χ1) is 12.1. The SMILES string of the molecule is CN1CCC[C@@H](Nc2nnc(-c3ccc(Br)cc3O)c3cccn23)C1. The molecule has 7 heteroatoms. The number of likely N-dealkylation sites (tertiary alicyclic amines) is 1. The number of anilines is 1. The third-order valence-corrected chi connectivity index (χ3v) is 5.13. The van der Waals surface area contributed by atoms with Gasteiger partial charge in [-0.25, -0.2) is 0 Å². The number of aromatic nitrogens is 3. The molecule has 1 aliphatic heterocycles. The fraction of sp³-hybridized carbons (Fsp3) is 0.333. The molecule has 0 unspecified atom stereocenters. The largest absolute Gasteiger partial charge is 0.507 e. The number of benzene rings is 1. The van der Waals surface area contributed by atoms with Gasteiger partial charge in [-0.3, -0.25) is 4.40 Å². The highest BCUT2D eigenvalue weighted by Gasteiger charge is 2.20. The minimum absolute atomic E-state index is 0.182. The van der Waals surface area contributed by atoms with Gasteiger partial charge in [-0.2, -0.15) is 0 Å². The number of hydrogen-bond donors (Lipinski definition) is 2. The number of nitrogens with zero attached hydrogens (tertiary/aromatic N) is 4. The van der Waals surface area contributed by atoms with Crippen LogP contribution in [0.2, 0.25) is 0 Å². The van der Waals surface area contributed by atoms with Crippen molar-refractivity contribution in [3.05, 3.63) is 41.0 Å². The molecule has 130 valence electrons. The van der Waals surface area contributed by atoms with Gasteiger partial charge in [0.25, 0.3) is 0 Å². The van der Waals surface area contributed by atoms with E-state index in [1.807, 2.05) is 34.9 Å². The molecule has 6 nitrogen and oxygen atoms in total. The lowest BCUT2D eigenvalue weighted by molar-refractivity contribution is 0.260. The van der Waals surface area contributed by atoms with Crippen molar-refractivity contribution in [2.45, 2.75) is 18.9 Å². The van der Waals surface area contributed by atoms with Crippen LogP contribution >= 0.6 is 15.9 Å². The summed E-state index contributed by atoms with van der Waals surface area (Å²) < 4.78 is 2.83. The Bertz CT molecular complexity index is 910. The summed E-state index contributed by atoms with van der Waals surface area (Å²) in [6, 6.07) is 9.73. The molecule has 1 saturated heterocycles. The zero-order chi connectivity index (χ0) is 17.4. The van der Waals surface area contributed by atoms with Crippen molar-refractivity contribution in [2.24, 2.45) is 0 Å². The molecule has 1 atom stereocenters. The number of nitrogens with one attached hydrogen (secondary N) is 1. The standard InChI is InChI=1S/C18H20BrN5O/c1-23-8-2-4-13(11-23)20-18-22-21-17(15-5-3-9-24(15)18)14-7-6-12(19)10-16(14)25/h3,5-7,9-10,13,25H,2,4,8,11H2,1H3,(H,20,22)/t13-/m1/s1. The normalized spacial score (nSPS) is 18.6. The molecule has 3 heterocycles. The third kappa shape index (κ3) is 3.21. The molecule has 0 radical (unpaired) electrons. The van der Waals surface area contributed by atoms with E-state index in [0.717, 1.165) is 35.4 Å². The van der Waals surface area contributed by atoms with E-state index in [1.165, 1.54) is 6.42 Å². The van der Waals surface area contributed by atoms with Crippen molar-refractivity contribution in [1.82, 2.24) is 19.5 Å². The summed E-state index contributed by atoms with van der Waals surface area (Å²) in [4.78, 5) is 2.33. The number of phenolic OH excluding ortho intramolecular Hbond substituents is 1. The fourth-order valence-corrected chi connectivity index (χ4v) is 3.77. The predicted molar refractivity (Wildman–Crippen MR) is 102 cm³/mol. The average Bonchev–Trinajstić information content (AvgIpc) is 3.06. The van der Waals surface area contributed by atoms with Gasteiger partial charge in [0.05, 0.1) is 5.52 Å². The van der Waals surface area contributed by atoms with E-state index in [2.05, 4.69) is 43.4 Å². The van der Waals surface area contributed by atoms with Crippen LogP contribution in [0.15, 0.2) is 41.0 Å². The first-order valence-electron chi connectivity index (χ1n) is 8.39. The smallest absolute Gasteiger partial charge is 0.228 e. The van der Waals surface area contributed by atoms with Crippen molar-refractivity contribution < 1.29 is 5.11 Å². The van der Waals surface area contributed by atoms with E-state index >= 15 is 0 Å². The second kappa shape index (κ2) is 6.65. The molecule has 1 aliphatic rings. The summed E-state index contributed by atoms with van der Waals surface area (Å²) in [5.74, 6) is 0.919. The summed E-state index contributed by atoms with van der Waals surface area (Å²) in [6.45, 7) is 2.14. The number of halogens is 1. The number of aromatic hydroxyl groups is 1. The molecular formula is C18H20BrN5O. The zero-order valence-corrected chi connectivity index (χ0v) is 15.6. The van der Waals surface area contributed by atoms with E-state index in [1.54, 1.807) is 6.07 Å². The van der Waals surface area contributed by atoms with E-state index < -0.39 is 0 Å². The minimum Gasteiger partial charge on any atom is -0.507 e. The van der Waals surface area contributed by atoms with E-state index in [-0.39, 0.29) is 5.75 Å². The summed E-state index contributed by atoms with van der Waals surface area (Å²) in [6.07, 6.45) is 4.28. The molecule has 2 N–H and O–H groups in total. The van der Waals surface area contributed by atoms with E-state index in [9.17, 15) is 5.11 Å². The van der Waals surface area contributed by atoms with Gasteiger partial charge in [0, 0.05) is 28.8 Å². The molecule has 0 amide bonds. The van der Waals surface area contributed by atoms with Gasteiger partial charge in [0.1, 0.15) is 11.4 Å². The first-order valence-corrected chi connectivity index (χ1v) is 9.19. The van der Waals surface area contributed by atoms with Crippen molar-refractivity contribution in [1.29, 1.82) is 0 Å². The Morgan fingerprint density at radius 3 is 2.96 bits per heavy atom. The maximum absolute atomic E-state index is 10.3. The molecule has 1 aromatic carbocycles. The summed E-state index contributed by atoms with van der Waals surface area (Å²) in [5, 5.41) is 22.6. The van der Waals surface area contributed by atoms with Gasteiger partial charge < -0.3 is 15.3 Å². The van der Waals surface area contributed by atoms with Gasteiger partial charge in [-0.15, -0.1) is 10.2 Å². The van der Waals surface area contributed by atoms with Crippen molar-refractivity contribution in [2.75, 3.05) is 25.5 Å². The number of phenols is 1. The van der Waals surface area contributed by atoms with Crippen LogP contribution in [0.4, 0.5) is 5.95 Å². The Labute approximate surface area is 154 Å². The molecule has 4 rings (SSSR count). The summed E-state index contributed by atoms with van der Waals surface area (Å²) in [5.41, 5.74) is 2.25. The lowest BCUT2D eigenvalue weighted by Crippen LogP contribution is -2.40. The maximum atomic E-state index is 10.3. The maximum Gasteiger partial charge on any atom is 0.228 e. The Hall–Kier alpha value is -2.12. The Kier molecular flexibility index (Phi) is 4.35. The average molecular weight is 402 g/mol. The highest BCUT2D eigenvalue weighted by atomic mass is 79.9. The van der Waals surface area contributed by atoms with Crippen LogP contribution < -0.4 is 5.32 Å². The Morgan fingerprint density at radius 1 is 1.28 bits per heavy atom. The first kappa shape index (κ1) is 16.4. The van der Waals surface area contributed by atoms with Gasteiger partial charge in [0.2, 0.25) is 5.95 Å². The lowest BCUT2D eigenvalue weighted by atomic mass is 10.1. The fourth-order valence-electron chi connectivity index (χ4n) is 3.42. The minimum atomic E-state index is 0.182. The molecule has 0 saturated carbocycles. The van der Waals surface area contributed by atoms with Crippen molar-refractivity contribution >= 4 is 27.4 Å². The van der Waals surface area contributed by atoms with Crippen molar-refractivity contribution in [3.8, 4) is 17.0 Å². The number of piperidine rings is 1.